The lowest BCUT2D eigenvalue weighted by Crippen LogP contribution is -2.15. The number of benzene rings is 2. The third-order valence-corrected chi connectivity index (χ3v) is 5.04. The van der Waals surface area contributed by atoms with E-state index in [-0.39, 0.29) is 15.9 Å². The van der Waals surface area contributed by atoms with Gasteiger partial charge in [-0.2, -0.15) is 13.2 Å². The second-order valence-electron chi connectivity index (χ2n) is 4.67. The van der Waals surface area contributed by atoms with Gasteiger partial charge in [-0.05, 0) is 37.3 Å². The maximum Gasteiger partial charge on any atom is 0.417 e. The highest BCUT2D eigenvalue weighted by Crippen LogP contribution is 2.36. The smallest absolute Gasteiger partial charge is 0.417 e. The summed E-state index contributed by atoms with van der Waals surface area (Å²) in [5.74, 6) is 0.289. The first kappa shape index (κ1) is 18.6. The van der Waals surface area contributed by atoms with Crippen LogP contribution in [0.5, 0.6) is 5.75 Å². The van der Waals surface area contributed by atoms with Gasteiger partial charge in [-0.1, -0.05) is 28.1 Å². The number of hydrogen-bond acceptors (Lipinski definition) is 3. The van der Waals surface area contributed by atoms with Crippen molar-refractivity contribution in [2.75, 3.05) is 11.3 Å². The number of hydrogen-bond donors (Lipinski definition) is 1. The van der Waals surface area contributed by atoms with Crippen molar-refractivity contribution in [1.82, 2.24) is 0 Å². The average molecular weight is 424 g/mol. The molecule has 2 aromatic rings. The van der Waals surface area contributed by atoms with E-state index in [1.165, 1.54) is 6.07 Å². The first-order valence-electron chi connectivity index (χ1n) is 6.76. The zero-order valence-electron chi connectivity index (χ0n) is 12.4. The van der Waals surface area contributed by atoms with Gasteiger partial charge in [-0.25, -0.2) is 8.42 Å². The number of rotatable bonds is 5. The molecule has 0 unspecified atom stereocenters. The predicted molar refractivity (Wildman–Crippen MR) is 87.6 cm³/mol. The SMILES string of the molecule is CCOc1ccccc1NS(=O)(=O)c1ccc(Br)c(C(F)(F)F)c1. The van der Waals surface area contributed by atoms with Crippen LogP contribution >= 0.6 is 15.9 Å². The lowest BCUT2D eigenvalue weighted by molar-refractivity contribution is -0.138. The molecular formula is C15H13BrF3NO3S. The molecule has 0 atom stereocenters. The van der Waals surface area contributed by atoms with E-state index in [1.54, 1.807) is 25.1 Å². The summed E-state index contributed by atoms with van der Waals surface area (Å²) in [5, 5.41) is 0. The van der Waals surface area contributed by atoms with Crippen molar-refractivity contribution in [3.05, 3.63) is 52.5 Å². The van der Waals surface area contributed by atoms with Crippen molar-refractivity contribution >= 4 is 31.6 Å². The van der Waals surface area contributed by atoms with E-state index < -0.39 is 26.7 Å². The Bertz CT molecular complexity index is 838. The monoisotopic (exact) mass is 423 g/mol. The molecule has 0 bridgehead atoms. The Kier molecular flexibility index (Phi) is 5.44. The normalized spacial score (nSPS) is 12.0. The molecule has 0 amide bonds. The van der Waals surface area contributed by atoms with E-state index in [4.69, 9.17) is 4.74 Å². The predicted octanol–water partition coefficient (Wildman–Crippen LogP) is 4.67. The van der Waals surface area contributed by atoms with E-state index in [2.05, 4.69) is 20.7 Å². The lowest BCUT2D eigenvalue weighted by atomic mass is 10.2. The molecule has 0 aliphatic rings. The maximum absolute atomic E-state index is 12.9. The highest BCUT2D eigenvalue weighted by molar-refractivity contribution is 9.10. The fourth-order valence-electron chi connectivity index (χ4n) is 1.92. The molecule has 4 nitrogen and oxygen atoms in total. The minimum atomic E-state index is -4.67. The van der Waals surface area contributed by atoms with Crippen LogP contribution in [0.15, 0.2) is 51.8 Å². The van der Waals surface area contributed by atoms with Gasteiger partial charge in [-0.15, -0.1) is 0 Å². The van der Waals surface area contributed by atoms with E-state index >= 15 is 0 Å². The van der Waals surface area contributed by atoms with Gasteiger partial charge in [0.2, 0.25) is 0 Å². The van der Waals surface area contributed by atoms with Crippen molar-refractivity contribution in [3.63, 3.8) is 0 Å². The van der Waals surface area contributed by atoms with Crippen LogP contribution in [-0.4, -0.2) is 15.0 Å². The van der Waals surface area contributed by atoms with Crippen LogP contribution in [0.1, 0.15) is 12.5 Å². The highest BCUT2D eigenvalue weighted by atomic mass is 79.9. The minimum Gasteiger partial charge on any atom is -0.492 e. The maximum atomic E-state index is 12.9. The molecule has 2 rings (SSSR count). The fourth-order valence-corrected chi connectivity index (χ4v) is 3.49. The van der Waals surface area contributed by atoms with Gasteiger partial charge < -0.3 is 4.74 Å². The summed E-state index contributed by atoms with van der Waals surface area (Å²) < 4.78 is 70.9. The number of sulfonamides is 1. The van der Waals surface area contributed by atoms with Crippen LogP contribution < -0.4 is 9.46 Å². The summed E-state index contributed by atoms with van der Waals surface area (Å²) in [7, 11) is -4.20. The van der Waals surface area contributed by atoms with Crippen LogP contribution in [0.4, 0.5) is 18.9 Å². The molecule has 9 heteroatoms. The minimum absolute atomic E-state index is 0.149. The Morgan fingerprint density at radius 2 is 1.83 bits per heavy atom. The molecule has 2 aromatic carbocycles. The van der Waals surface area contributed by atoms with Gasteiger partial charge in [0.1, 0.15) is 5.75 Å². The molecule has 0 aliphatic heterocycles. The molecule has 0 saturated carbocycles. The van der Waals surface area contributed by atoms with Crippen molar-refractivity contribution < 1.29 is 26.3 Å². The lowest BCUT2D eigenvalue weighted by Gasteiger charge is -2.14. The first-order chi connectivity index (χ1) is 11.1. The number of para-hydroxylation sites is 2. The number of nitrogens with one attached hydrogen (secondary N) is 1. The van der Waals surface area contributed by atoms with Gasteiger partial charge in [0.25, 0.3) is 10.0 Å². The number of halogens is 4. The number of anilines is 1. The summed E-state index contributed by atoms with van der Waals surface area (Å²) in [6.07, 6.45) is -4.67. The summed E-state index contributed by atoms with van der Waals surface area (Å²) in [4.78, 5) is -0.496. The number of alkyl halides is 3. The molecule has 0 aliphatic carbocycles. The van der Waals surface area contributed by atoms with Crippen molar-refractivity contribution in [3.8, 4) is 5.75 Å². The zero-order chi connectivity index (χ0) is 18.0. The Hall–Kier alpha value is -1.74. The van der Waals surface area contributed by atoms with Crippen molar-refractivity contribution in [2.45, 2.75) is 18.0 Å². The Balaban J connectivity index is 2.42. The molecule has 0 saturated heterocycles. The van der Waals surface area contributed by atoms with Gasteiger partial charge >= 0.3 is 6.18 Å². The molecule has 130 valence electrons. The highest BCUT2D eigenvalue weighted by Gasteiger charge is 2.34. The summed E-state index contributed by atoms with van der Waals surface area (Å²) in [5.41, 5.74) is -0.917. The second kappa shape index (κ2) is 7.02. The fraction of sp³-hybridized carbons (Fsp3) is 0.200. The van der Waals surface area contributed by atoms with Crippen molar-refractivity contribution in [2.24, 2.45) is 0 Å². The van der Waals surface area contributed by atoms with E-state index in [9.17, 15) is 21.6 Å². The Morgan fingerprint density at radius 3 is 2.46 bits per heavy atom. The summed E-state index contributed by atoms with van der Waals surface area (Å²) >= 11 is 2.78. The molecule has 0 heterocycles. The second-order valence-corrected chi connectivity index (χ2v) is 7.21. The Labute approximate surface area is 145 Å². The van der Waals surface area contributed by atoms with E-state index in [0.717, 1.165) is 12.1 Å². The van der Waals surface area contributed by atoms with Gasteiger partial charge in [-0.3, -0.25) is 4.72 Å². The molecule has 0 aromatic heterocycles. The summed E-state index contributed by atoms with van der Waals surface area (Å²) in [6, 6.07) is 8.98. The molecule has 0 spiro atoms. The average Bonchev–Trinajstić information content (AvgIpc) is 2.48. The van der Waals surface area contributed by atoms with Crippen LogP contribution in [0.3, 0.4) is 0 Å². The van der Waals surface area contributed by atoms with E-state index in [0.29, 0.717) is 12.7 Å². The Morgan fingerprint density at radius 1 is 1.17 bits per heavy atom. The van der Waals surface area contributed by atoms with Crippen molar-refractivity contribution in [1.29, 1.82) is 0 Å². The third-order valence-electron chi connectivity index (χ3n) is 2.98. The molecule has 0 fully saturated rings. The largest absolute Gasteiger partial charge is 0.492 e. The van der Waals surface area contributed by atoms with Crippen LogP contribution in [0.2, 0.25) is 0 Å². The van der Waals surface area contributed by atoms with Gasteiger partial charge in [0, 0.05) is 4.47 Å². The standard InChI is InChI=1S/C15H13BrF3NO3S/c1-2-23-14-6-4-3-5-13(14)20-24(21,22)10-7-8-12(16)11(9-10)15(17,18)19/h3-9,20H,2H2,1H3. The van der Waals surface area contributed by atoms with Gasteiger partial charge in [0.15, 0.2) is 0 Å². The molecule has 24 heavy (non-hydrogen) atoms. The van der Waals surface area contributed by atoms with Crippen LogP contribution in [0, 0.1) is 0 Å². The first-order valence-corrected chi connectivity index (χ1v) is 9.04. The van der Waals surface area contributed by atoms with Crippen LogP contribution in [-0.2, 0) is 16.2 Å². The molecule has 1 N–H and O–H groups in total. The number of ether oxygens (including phenoxy) is 1. The van der Waals surface area contributed by atoms with E-state index in [1.807, 2.05) is 0 Å². The van der Waals surface area contributed by atoms with Crippen LogP contribution in [0.25, 0.3) is 0 Å². The topological polar surface area (TPSA) is 55.4 Å². The third kappa shape index (κ3) is 4.21. The quantitative estimate of drug-likeness (QED) is 0.760. The van der Waals surface area contributed by atoms with Gasteiger partial charge in [0.05, 0.1) is 22.8 Å². The molecule has 0 radical (unpaired) electrons. The molecular weight excluding hydrogens is 411 g/mol. The zero-order valence-corrected chi connectivity index (χ0v) is 14.8. The summed E-state index contributed by atoms with van der Waals surface area (Å²) in [6.45, 7) is 2.05.